The predicted molar refractivity (Wildman–Crippen MR) is 81.0 cm³/mol. The molecular weight excluding hydrogens is 278 g/mol. The van der Waals surface area contributed by atoms with Crippen LogP contribution in [0.25, 0.3) is 11.0 Å². The number of H-pyrrole nitrogens is 1. The molecule has 22 heavy (non-hydrogen) atoms. The van der Waals surface area contributed by atoms with E-state index in [0.29, 0.717) is 12.4 Å². The average Bonchev–Trinajstić information content (AvgIpc) is 3.11. The highest BCUT2D eigenvalue weighted by Gasteiger charge is 2.23. The number of aromatic nitrogens is 4. The first kappa shape index (κ1) is 14.0. The Kier molecular flexibility index (Phi) is 3.71. The van der Waals surface area contributed by atoms with Crippen molar-refractivity contribution in [3.63, 3.8) is 0 Å². The van der Waals surface area contributed by atoms with Gasteiger partial charge in [0, 0.05) is 19.2 Å². The molecule has 6 heteroatoms. The molecule has 1 N–H and O–H groups in total. The van der Waals surface area contributed by atoms with Gasteiger partial charge in [-0.05, 0) is 24.6 Å². The Balaban J connectivity index is 1.75. The van der Waals surface area contributed by atoms with Gasteiger partial charge >= 0.3 is 0 Å². The van der Waals surface area contributed by atoms with Crippen LogP contribution in [0.4, 0.5) is 0 Å². The van der Waals surface area contributed by atoms with Crippen molar-refractivity contribution in [3.8, 4) is 6.07 Å². The predicted octanol–water partition coefficient (Wildman–Crippen LogP) is 2.33. The summed E-state index contributed by atoms with van der Waals surface area (Å²) in [4.78, 5) is 19.7. The summed E-state index contributed by atoms with van der Waals surface area (Å²) in [7, 11) is 0. The van der Waals surface area contributed by atoms with E-state index in [-0.39, 0.29) is 12.2 Å². The summed E-state index contributed by atoms with van der Waals surface area (Å²) in [6, 6.07) is 9.52. The molecule has 0 saturated heterocycles. The van der Waals surface area contributed by atoms with Crippen molar-refractivity contribution in [1.82, 2.24) is 19.7 Å². The molecule has 2 aromatic heterocycles. The Morgan fingerprint density at radius 1 is 1.45 bits per heavy atom. The quantitative estimate of drug-likeness (QED) is 0.782. The fourth-order valence-electron chi connectivity index (χ4n) is 2.35. The normalized spacial score (nSPS) is 12.2. The number of fused-ring (bicyclic) bond motifs is 1. The molecular formula is C16H15N5O. The first-order valence-corrected chi connectivity index (χ1v) is 7.03. The van der Waals surface area contributed by atoms with Crippen molar-refractivity contribution in [1.29, 1.82) is 5.26 Å². The molecule has 0 spiro atoms. The number of nitrogens with one attached hydrogen (secondary N) is 1. The molecule has 0 aliphatic rings. The van der Waals surface area contributed by atoms with Gasteiger partial charge in [0.15, 0.2) is 11.7 Å². The van der Waals surface area contributed by atoms with Crippen molar-refractivity contribution < 1.29 is 4.79 Å². The third-order valence-corrected chi connectivity index (χ3v) is 3.48. The number of carbonyl (C=O) groups is 1. The van der Waals surface area contributed by atoms with E-state index >= 15 is 0 Å². The molecule has 1 aromatic carbocycles. The van der Waals surface area contributed by atoms with Crippen LogP contribution < -0.4 is 0 Å². The second-order valence-electron chi connectivity index (χ2n) is 5.20. The SMILES string of the molecule is Cc1cnn(CCC(=O)C(C#N)c2nc3ccccc3[nH]2)c1. The van der Waals surface area contributed by atoms with E-state index in [0.717, 1.165) is 16.6 Å². The van der Waals surface area contributed by atoms with Gasteiger partial charge in [-0.1, -0.05) is 12.1 Å². The second kappa shape index (κ2) is 5.82. The van der Waals surface area contributed by atoms with Gasteiger partial charge in [-0.3, -0.25) is 9.48 Å². The van der Waals surface area contributed by atoms with Crippen LogP contribution in [0.1, 0.15) is 23.7 Å². The maximum Gasteiger partial charge on any atom is 0.162 e. The van der Waals surface area contributed by atoms with E-state index in [1.54, 1.807) is 10.9 Å². The van der Waals surface area contributed by atoms with Gasteiger partial charge < -0.3 is 4.98 Å². The van der Waals surface area contributed by atoms with Crippen LogP contribution in [0.3, 0.4) is 0 Å². The maximum absolute atomic E-state index is 12.3. The molecule has 1 unspecified atom stereocenters. The molecule has 0 fully saturated rings. The van der Waals surface area contributed by atoms with E-state index in [9.17, 15) is 10.1 Å². The maximum atomic E-state index is 12.3. The molecule has 3 aromatic rings. The van der Waals surface area contributed by atoms with E-state index in [2.05, 4.69) is 15.1 Å². The Morgan fingerprint density at radius 3 is 2.95 bits per heavy atom. The van der Waals surface area contributed by atoms with Crippen LogP contribution in [0.15, 0.2) is 36.7 Å². The number of nitriles is 1. The summed E-state index contributed by atoms with van der Waals surface area (Å²) in [6.07, 6.45) is 3.86. The Hall–Kier alpha value is -2.94. The van der Waals surface area contributed by atoms with E-state index in [4.69, 9.17) is 0 Å². The molecule has 1 atom stereocenters. The van der Waals surface area contributed by atoms with Gasteiger partial charge in [0.2, 0.25) is 0 Å². The Labute approximate surface area is 127 Å². The number of benzene rings is 1. The Morgan fingerprint density at radius 2 is 2.27 bits per heavy atom. The number of Topliss-reactive ketones (excluding diaryl/α,β-unsaturated/α-hetero) is 1. The molecule has 0 saturated carbocycles. The first-order valence-electron chi connectivity index (χ1n) is 7.03. The number of carbonyl (C=O) groups excluding carboxylic acids is 1. The number of hydrogen-bond acceptors (Lipinski definition) is 4. The highest BCUT2D eigenvalue weighted by Crippen LogP contribution is 2.19. The zero-order chi connectivity index (χ0) is 15.5. The minimum absolute atomic E-state index is 0.158. The Bertz CT molecular complexity index is 822. The monoisotopic (exact) mass is 293 g/mol. The fraction of sp³-hybridized carbons (Fsp3) is 0.250. The van der Waals surface area contributed by atoms with Gasteiger partial charge in [0.25, 0.3) is 0 Å². The number of ketones is 1. The molecule has 3 rings (SSSR count). The molecule has 0 aliphatic heterocycles. The van der Waals surface area contributed by atoms with Crippen molar-refractivity contribution >= 4 is 16.8 Å². The van der Waals surface area contributed by atoms with Gasteiger partial charge in [-0.2, -0.15) is 10.4 Å². The molecule has 0 bridgehead atoms. The van der Waals surface area contributed by atoms with Crippen molar-refractivity contribution in [2.45, 2.75) is 25.8 Å². The highest BCUT2D eigenvalue weighted by molar-refractivity contribution is 5.88. The molecule has 0 aliphatic carbocycles. The van der Waals surface area contributed by atoms with Crippen molar-refractivity contribution in [2.75, 3.05) is 0 Å². The molecule has 6 nitrogen and oxygen atoms in total. The minimum atomic E-state index is -0.871. The number of aromatic amines is 1. The third kappa shape index (κ3) is 2.74. The topological polar surface area (TPSA) is 87.4 Å². The highest BCUT2D eigenvalue weighted by atomic mass is 16.1. The summed E-state index contributed by atoms with van der Waals surface area (Å²) in [5.41, 5.74) is 2.63. The third-order valence-electron chi connectivity index (χ3n) is 3.48. The van der Waals surface area contributed by atoms with Crippen LogP contribution in [-0.2, 0) is 11.3 Å². The average molecular weight is 293 g/mol. The van der Waals surface area contributed by atoms with E-state index in [1.165, 1.54) is 0 Å². The summed E-state index contributed by atoms with van der Waals surface area (Å²) < 4.78 is 1.71. The summed E-state index contributed by atoms with van der Waals surface area (Å²) in [6.45, 7) is 2.41. The first-order chi connectivity index (χ1) is 10.7. The van der Waals surface area contributed by atoms with Crippen LogP contribution in [0.5, 0.6) is 0 Å². The number of rotatable bonds is 5. The lowest BCUT2D eigenvalue weighted by atomic mass is 10.0. The van der Waals surface area contributed by atoms with E-state index in [1.807, 2.05) is 43.5 Å². The molecule has 0 radical (unpaired) electrons. The zero-order valence-electron chi connectivity index (χ0n) is 12.2. The van der Waals surface area contributed by atoms with Gasteiger partial charge in [0.1, 0.15) is 5.82 Å². The van der Waals surface area contributed by atoms with Crippen LogP contribution >= 0.6 is 0 Å². The number of hydrogen-bond donors (Lipinski definition) is 1. The van der Waals surface area contributed by atoms with Gasteiger partial charge in [-0.15, -0.1) is 0 Å². The van der Waals surface area contributed by atoms with Gasteiger partial charge in [0.05, 0.1) is 23.3 Å². The zero-order valence-corrected chi connectivity index (χ0v) is 12.2. The lowest BCUT2D eigenvalue weighted by Gasteiger charge is -2.05. The van der Waals surface area contributed by atoms with Crippen molar-refractivity contribution in [2.24, 2.45) is 0 Å². The summed E-state index contributed by atoms with van der Waals surface area (Å²) >= 11 is 0. The number of para-hydroxylation sites is 2. The lowest BCUT2D eigenvalue weighted by molar-refractivity contribution is -0.119. The number of nitrogens with zero attached hydrogens (tertiary/aromatic N) is 4. The summed E-state index contributed by atoms with van der Waals surface area (Å²) in [5, 5.41) is 13.5. The van der Waals surface area contributed by atoms with Crippen LogP contribution in [0, 0.1) is 18.3 Å². The largest absolute Gasteiger partial charge is 0.340 e. The number of aryl methyl sites for hydroxylation is 2. The molecule has 0 amide bonds. The second-order valence-corrected chi connectivity index (χ2v) is 5.20. The standard InChI is InChI=1S/C16H15N5O/c1-11-9-18-21(10-11)7-6-15(22)12(8-17)16-19-13-4-2-3-5-14(13)20-16/h2-5,9-10,12H,6-7H2,1H3,(H,19,20). The molecule has 2 heterocycles. The minimum Gasteiger partial charge on any atom is -0.340 e. The smallest absolute Gasteiger partial charge is 0.162 e. The number of imidazole rings is 1. The lowest BCUT2D eigenvalue weighted by Crippen LogP contribution is -2.15. The van der Waals surface area contributed by atoms with Crippen molar-refractivity contribution in [3.05, 3.63) is 48.0 Å². The van der Waals surface area contributed by atoms with Gasteiger partial charge in [-0.25, -0.2) is 4.98 Å². The van der Waals surface area contributed by atoms with Crippen LogP contribution in [0.2, 0.25) is 0 Å². The molecule has 110 valence electrons. The van der Waals surface area contributed by atoms with E-state index < -0.39 is 5.92 Å². The fourth-order valence-corrected chi connectivity index (χ4v) is 2.35. The summed E-state index contributed by atoms with van der Waals surface area (Å²) in [5.74, 6) is -0.621. The van der Waals surface area contributed by atoms with Crippen LogP contribution in [-0.4, -0.2) is 25.5 Å².